The SMILES string of the molecule is O=C(O)CC1(NC(=O)Cc2ccc(F)cc2)CCOCC1. The van der Waals surface area contributed by atoms with Crippen molar-refractivity contribution in [3.8, 4) is 0 Å². The molecule has 2 N–H and O–H groups in total. The Morgan fingerprint density at radius 1 is 1.24 bits per heavy atom. The minimum absolute atomic E-state index is 0.0997. The van der Waals surface area contributed by atoms with Gasteiger partial charge in [-0.25, -0.2) is 4.39 Å². The third-order valence-corrected chi connectivity index (χ3v) is 3.62. The first-order valence-electron chi connectivity index (χ1n) is 6.84. The van der Waals surface area contributed by atoms with Crippen molar-refractivity contribution in [1.82, 2.24) is 5.32 Å². The molecule has 114 valence electrons. The molecular weight excluding hydrogens is 277 g/mol. The Kier molecular flexibility index (Phi) is 4.90. The average molecular weight is 295 g/mol. The molecule has 0 unspecified atom stereocenters. The third-order valence-electron chi connectivity index (χ3n) is 3.62. The minimum atomic E-state index is -0.945. The minimum Gasteiger partial charge on any atom is -0.481 e. The monoisotopic (exact) mass is 295 g/mol. The van der Waals surface area contributed by atoms with E-state index in [-0.39, 0.29) is 24.6 Å². The fraction of sp³-hybridized carbons (Fsp3) is 0.467. The summed E-state index contributed by atoms with van der Waals surface area (Å²) in [6.07, 6.45) is 0.941. The Bertz CT molecular complexity index is 509. The highest BCUT2D eigenvalue weighted by molar-refractivity contribution is 5.80. The van der Waals surface area contributed by atoms with Crippen molar-refractivity contribution < 1.29 is 23.8 Å². The third kappa shape index (κ3) is 4.53. The average Bonchev–Trinajstić information content (AvgIpc) is 2.41. The summed E-state index contributed by atoms with van der Waals surface area (Å²) in [6, 6.07) is 5.68. The van der Waals surface area contributed by atoms with Gasteiger partial charge in [0.1, 0.15) is 5.82 Å². The molecule has 1 aromatic rings. The molecule has 6 heteroatoms. The van der Waals surface area contributed by atoms with Gasteiger partial charge in [-0.2, -0.15) is 0 Å². The van der Waals surface area contributed by atoms with E-state index in [1.165, 1.54) is 12.1 Å². The summed E-state index contributed by atoms with van der Waals surface area (Å²) in [7, 11) is 0. The normalized spacial score (nSPS) is 17.2. The van der Waals surface area contributed by atoms with Gasteiger partial charge in [0.2, 0.25) is 5.91 Å². The Morgan fingerprint density at radius 2 is 1.86 bits per heavy atom. The van der Waals surface area contributed by atoms with E-state index < -0.39 is 11.5 Å². The van der Waals surface area contributed by atoms with Crippen molar-refractivity contribution >= 4 is 11.9 Å². The van der Waals surface area contributed by atoms with Gasteiger partial charge >= 0.3 is 5.97 Å². The van der Waals surface area contributed by atoms with Crippen molar-refractivity contribution in [2.75, 3.05) is 13.2 Å². The van der Waals surface area contributed by atoms with Gasteiger partial charge in [-0.1, -0.05) is 12.1 Å². The molecule has 21 heavy (non-hydrogen) atoms. The molecule has 1 aromatic carbocycles. The van der Waals surface area contributed by atoms with Crippen LogP contribution >= 0.6 is 0 Å². The van der Waals surface area contributed by atoms with Crippen molar-refractivity contribution in [3.05, 3.63) is 35.6 Å². The maximum atomic E-state index is 12.8. The van der Waals surface area contributed by atoms with Gasteiger partial charge in [0.15, 0.2) is 0 Å². The Hall–Kier alpha value is -1.95. The van der Waals surface area contributed by atoms with Crippen LogP contribution < -0.4 is 5.32 Å². The number of aliphatic carboxylic acids is 1. The largest absolute Gasteiger partial charge is 0.481 e. The van der Waals surface area contributed by atoms with Crippen LogP contribution in [0.5, 0.6) is 0 Å². The first-order chi connectivity index (χ1) is 9.99. The van der Waals surface area contributed by atoms with Gasteiger partial charge in [-0.05, 0) is 30.5 Å². The quantitative estimate of drug-likeness (QED) is 0.863. The van der Waals surface area contributed by atoms with Crippen molar-refractivity contribution in [3.63, 3.8) is 0 Å². The number of ether oxygens (including phenoxy) is 1. The summed E-state index contributed by atoms with van der Waals surface area (Å²) < 4.78 is 18.1. The summed E-state index contributed by atoms with van der Waals surface area (Å²) in [6.45, 7) is 0.869. The zero-order valence-corrected chi connectivity index (χ0v) is 11.6. The molecule has 0 aromatic heterocycles. The topological polar surface area (TPSA) is 75.6 Å². The summed E-state index contributed by atoms with van der Waals surface area (Å²) in [4.78, 5) is 23.1. The fourth-order valence-electron chi connectivity index (χ4n) is 2.53. The van der Waals surface area contributed by atoms with Gasteiger partial charge < -0.3 is 15.2 Å². The van der Waals surface area contributed by atoms with E-state index in [1.54, 1.807) is 12.1 Å². The van der Waals surface area contributed by atoms with Crippen LogP contribution in [0.25, 0.3) is 0 Å². The number of amides is 1. The number of rotatable bonds is 5. The standard InChI is InChI=1S/C15H18FNO4/c16-12-3-1-11(2-4-12)9-13(18)17-15(10-14(19)20)5-7-21-8-6-15/h1-4H,5-10H2,(H,17,18)(H,19,20). The smallest absolute Gasteiger partial charge is 0.305 e. The van der Waals surface area contributed by atoms with E-state index in [0.717, 1.165) is 0 Å². The van der Waals surface area contributed by atoms with E-state index in [1.807, 2.05) is 0 Å². The molecular formula is C15H18FNO4. The number of nitrogens with one attached hydrogen (secondary N) is 1. The number of benzene rings is 1. The van der Waals surface area contributed by atoms with Crippen molar-refractivity contribution in [1.29, 1.82) is 0 Å². The predicted molar refractivity (Wildman–Crippen MR) is 73.3 cm³/mol. The van der Waals surface area contributed by atoms with Gasteiger partial charge in [0, 0.05) is 13.2 Å². The van der Waals surface area contributed by atoms with Crippen LogP contribution in [0, 0.1) is 5.82 Å². The van der Waals surface area contributed by atoms with E-state index in [9.17, 15) is 14.0 Å². The van der Waals surface area contributed by atoms with Gasteiger partial charge in [0.05, 0.1) is 18.4 Å². The lowest BCUT2D eigenvalue weighted by molar-refractivity contribution is -0.140. The molecule has 1 aliphatic heterocycles. The Labute approximate surface area is 122 Å². The van der Waals surface area contributed by atoms with E-state index in [2.05, 4.69) is 5.32 Å². The van der Waals surface area contributed by atoms with Crippen LogP contribution in [-0.2, 0) is 20.7 Å². The van der Waals surface area contributed by atoms with Crippen LogP contribution in [0.3, 0.4) is 0 Å². The van der Waals surface area contributed by atoms with Crippen LogP contribution in [0.1, 0.15) is 24.8 Å². The highest BCUT2D eigenvalue weighted by Gasteiger charge is 2.36. The molecule has 1 fully saturated rings. The van der Waals surface area contributed by atoms with Crippen LogP contribution in [0.2, 0.25) is 0 Å². The number of halogens is 1. The second-order valence-electron chi connectivity index (χ2n) is 5.31. The fourth-order valence-corrected chi connectivity index (χ4v) is 2.53. The molecule has 5 nitrogen and oxygen atoms in total. The molecule has 1 aliphatic rings. The number of hydrogen-bond acceptors (Lipinski definition) is 3. The summed E-state index contributed by atoms with van der Waals surface area (Å²) in [5.74, 6) is -1.56. The van der Waals surface area contributed by atoms with E-state index in [0.29, 0.717) is 31.6 Å². The highest BCUT2D eigenvalue weighted by Crippen LogP contribution is 2.24. The molecule has 0 spiro atoms. The summed E-state index contributed by atoms with van der Waals surface area (Å²) >= 11 is 0. The molecule has 0 radical (unpaired) electrons. The van der Waals surface area contributed by atoms with Crippen LogP contribution in [0.4, 0.5) is 4.39 Å². The number of carboxylic acids is 1. The predicted octanol–water partition coefficient (Wildman–Crippen LogP) is 1.51. The van der Waals surface area contributed by atoms with Crippen LogP contribution in [0.15, 0.2) is 24.3 Å². The van der Waals surface area contributed by atoms with E-state index >= 15 is 0 Å². The molecule has 0 bridgehead atoms. The van der Waals surface area contributed by atoms with Gasteiger partial charge in [-0.3, -0.25) is 9.59 Å². The molecule has 1 saturated heterocycles. The maximum Gasteiger partial charge on any atom is 0.305 e. The molecule has 1 heterocycles. The second kappa shape index (κ2) is 6.67. The second-order valence-corrected chi connectivity index (χ2v) is 5.31. The van der Waals surface area contributed by atoms with Gasteiger partial charge in [-0.15, -0.1) is 0 Å². The van der Waals surface area contributed by atoms with Crippen molar-refractivity contribution in [2.45, 2.75) is 31.2 Å². The highest BCUT2D eigenvalue weighted by atomic mass is 19.1. The van der Waals surface area contributed by atoms with Crippen LogP contribution in [-0.4, -0.2) is 35.7 Å². The molecule has 0 aliphatic carbocycles. The summed E-state index contributed by atoms with van der Waals surface area (Å²) in [5, 5.41) is 11.9. The molecule has 0 atom stereocenters. The zero-order chi connectivity index (χ0) is 15.3. The zero-order valence-electron chi connectivity index (χ0n) is 11.6. The Balaban J connectivity index is 2.00. The van der Waals surface area contributed by atoms with E-state index in [4.69, 9.17) is 9.84 Å². The lowest BCUT2D eigenvalue weighted by Gasteiger charge is -2.36. The first-order valence-corrected chi connectivity index (χ1v) is 6.84. The Morgan fingerprint density at radius 3 is 2.43 bits per heavy atom. The molecule has 1 amide bonds. The summed E-state index contributed by atoms with van der Waals surface area (Å²) in [5.41, 5.74) is -0.0623. The number of carbonyl (C=O) groups is 2. The maximum absolute atomic E-state index is 12.8. The van der Waals surface area contributed by atoms with Gasteiger partial charge in [0.25, 0.3) is 0 Å². The lowest BCUT2D eigenvalue weighted by atomic mass is 9.86. The van der Waals surface area contributed by atoms with Crippen molar-refractivity contribution in [2.24, 2.45) is 0 Å². The first kappa shape index (κ1) is 15.4. The lowest BCUT2D eigenvalue weighted by Crippen LogP contribution is -2.53. The number of carboxylic acid groups (broad SMARTS) is 1. The molecule has 2 rings (SSSR count). The number of hydrogen-bond donors (Lipinski definition) is 2. The number of carbonyl (C=O) groups excluding carboxylic acids is 1. The molecule has 0 saturated carbocycles.